The summed E-state index contributed by atoms with van der Waals surface area (Å²) in [6, 6.07) is 0. The van der Waals surface area contributed by atoms with E-state index in [1.165, 1.54) is 5.57 Å². The van der Waals surface area contributed by atoms with Crippen molar-refractivity contribution >= 4 is 0 Å². The van der Waals surface area contributed by atoms with Crippen molar-refractivity contribution in [3.8, 4) is 0 Å². The standard InChI is InChI=1S/C27H38F6O3/c1-16(6-4-13-25(36,26(28,29)30)27(31,32)33)21-10-11-22-18(7-5-12-24(21,22)3)8-9-19-14-20(34)15-23(35)17(19)2/h8-9,16,20-23,34-36H,2,4-7,10-15H2,1,3H3/b18-8-,19-9+/t16-,20+,21+,22-,23-,24+/m0/s1. The molecule has 0 aromatic rings. The maximum Gasteiger partial charge on any atom is 0.426 e. The minimum Gasteiger partial charge on any atom is -0.393 e. The maximum atomic E-state index is 13.0. The number of aliphatic hydroxyl groups excluding tert-OH is 2. The van der Waals surface area contributed by atoms with Crippen LogP contribution in [-0.4, -0.2) is 45.5 Å². The van der Waals surface area contributed by atoms with Crippen LogP contribution in [0.4, 0.5) is 26.3 Å². The van der Waals surface area contributed by atoms with Crippen LogP contribution in [0.15, 0.2) is 35.5 Å². The fourth-order valence-corrected chi connectivity index (χ4v) is 7.00. The van der Waals surface area contributed by atoms with E-state index in [2.05, 4.69) is 19.6 Å². The summed E-state index contributed by atoms with van der Waals surface area (Å²) in [6.07, 6.45) is -5.24. The van der Waals surface area contributed by atoms with Crippen LogP contribution in [0, 0.1) is 23.2 Å². The van der Waals surface area contributed by atoms with Gasteiger partial charge in [-0.25, -0.2) is 0 Å². The number of rotatable bonds is 6. The van der Waals surface area contributed by atoms with E-state index in [9.17, 15) is 41.7 Å². The van der Waals surface area contributed by atoms with E-state index in [-0.39, 0.29) is 42.4 Å². The first-order valence-electron chi connectivity index (χ1n) is 12.8. The lowest BCUT2D eigenvalue weighted by Crippen LogP contribution is -2.56. The molecule has 36 heavy (non-hydrogen) atoms. The average Bonchev–Trinajstić information content (AvgIpc) is 3.11. The minimum atomic E-state index is -5.77. The smallest absolute Gasteiger partial charge is 0.393 e. The second kappa shape index (κ2) is 10.4. The van der Waals surface area contributed by atoms with Crippen LogP contribution < -0.4 is 0 Å². The molecule has 0 spiro atoms. The largest absolute Gasteiger partial charge is 0.426 e. The summed E-state index contributed by atoms with van der Waals surface area (Å²) in [7, 11) is 0. The molecule has 3 rings (SSSR count). The first-order valence-corrected chi connectivity index (χ1v) is 12.8. The van der Waals surface area contributed by atoms with E-state index in [0.29, 0.717) is 12.0 Å². The molecule has 0 amide bonds. The molecule has 6 atom stereocenters. The van der Waals surface area contributed by atoms with Gasteiger partial charge in [0, 0.05) is 6.42 Å². The zero-order valence-electron chi connectivity index (χ0n) is 20.9. The van der Waals surface area contributed by atoms with Crippen molar-refractivity contribution in [2.24, 2.45) is 23.2 Å². The van der Waals surface area contributed by atoms with Gasteiger partial charge in [-0.3, -0.25) is 0 Å². The second-order valence-electron chi connectivity index (χ2n) is 11.4. The van der Waals surface area contributed by atoms with Crippen LogP contribution >= 0.6 is 0 Å². The molecule has 0 radical (unpaired) electrons. The number of allylic oxidation sites excluding steroid dienone is 3. The molecule has 0 saturated heterocycles. The zero-order valence-corrected chi connectivity index (χ0v) is 20.9. The summed E-state index contributed by atoms with van der Waals surface area (Å²) in [5.74, 6) is 0.355. The lowest BCUT2D eigenvalue weighted by atomic mass is 9.60. The SMILES string of the molecule is C=C1/C(=C/C=C2/CCC[C@]3(C)[C@@H]([C@@H](C)CCCC(O)(C(F)(F)F)C(F)(F)F)CC[C@@H]23)C[C@@H](O)C[C@@H]1O. The minimum absolute atomic E-state index is 0.0770. The van der Waals surface area contributed by atoms with Gasteiger partial charge in [0.05, 0.1) is 12.2 Å². The number of alkyl halides is 6. The Bertz CT molecular complexity index is 860. The van der Waals surface area contributed by atoms with Gasteiger partial charge in [0.1, 0.15) is 0 Å². The third-order valence-electron chi connectivity index (χ3n) is 9.12. The van der Waals surface area contributed by atoms with Crippen molar-refractivity contribution in [2.75, 3.05) is 0 Å². The molecule has 3 N–H and O–H groups in total. The Morgan fingerprint density at radius 2 is 1.72 bits per heavy atom. The Labute approximate surface area is 209 Å². The first-order chi connectivity index (χ1) is 16.5. The predicted molar refractivity (Wildman–Crippen MR) is 125 cm³/mol. The highest BCUT2D eigenvalue weighted by atomic mass is 19.4. The van der Waals surface area contributed by atoms with Gasteiger partial charge in [-0.1, -0.05) is 44.6 Å². The lowest BCUT2D eigenvalue weighted by Gasteiger charge is -2.44. The van der Waals surface area contributed by atoms with Crippen molar-refractivity contribution < 1.29 is 41.7 Å². The van der Waals surface area contributed by atoms with Gasteiger partial charge in [-0.05, 0) is 85.7 Å². The van der Waals surface area contributed by atoms with Gasteiger partial charge in [-0.15, -0.1) is 0 Å². The molecule has 0 aromatic carbocycles. The molecule has 0 heterocycles. The van der Waals surface area contributed by atoms with Gasteiger partial charge in [0.25, 0.3) is 5.60 Å². The fourth-order valence-electron chi connectivity index (χ4n) is 7.00. The van der Waals surface area contributed by atoms with Gasteiger partial charge in [-0.2, -0.15) is 26.3 Å². The molecular weight excluding hydrogens is 486 g/mol. The number of fused-ring (bicyclic) bond motifs is 1. The first kappa shape index (κ1) is 29.2. The summed E-state index contributed by atoms with van der Waals surface area (Å²) in [5, 5.41) is 29.5. The Kier molecular flexibility index (Phi) is 8.48. The highest BCUT2D eigenvalue weighted by Gasteiger charge is 2.69. The van der Waals surface area contributed by atoms with Crippen LogP contribution in [0.2, 0.25) is 0 Å². The molecule has 3 nitrogen and oxygen atoms in total. The van der Waals surface area contributed by atoms with Crippen LogP contribution in [0.25, 0.3) is 0 Å². The van der Waals surface area contributed by atoms with Crippen molar-refractivity contribution in [2.45, 2.75) is 108 Å². The normalized spacial score (nSPS) is 35.4. The van der Waals surface area contributed by atoms with Gasteiger partial charge in [0.15, 0.2) is 0 Å². The summed E-state index contributed by atoms with van der Waals surface area (Å²) >= 11 is 0. The third kappa shape index (κ3) is 5.58. The third-order valence-corrected chi connectivity index (χ3v) is 9.12. The predicted octanol–water partition coefficient (Wildman–Crippen LogP) is 6.79. The lowest BCUT2D eigenvalue weighted by molar-refractivity contribution is -0.370. The summed E-state index contributed by atoms with van der Waals surface area (Å²) in [4.78, 5) is 0. The average molecular weight is 525 g/mol. The number of aliphatic hydroxyl groups is 3. The second-order valence-corrected chi connectivity index (χ2v) is 11.4. The van der Waals surface area contributed by atoms with E-state index in [0.717, 1.165) is 37.7 Å². The molecule has 3 aliphatic rings. The fraction of sp³-hybridized carbons (Fsp3) is 0.778. The molecule has 3 aliphatic carbocycles. The summed E-state index contributed by atoms with van der Waals surface area (Å²) in [6.45, 7) is 8.03. The van der Waals surface area contributed by atoms with Gasteiger partial charge >= 0.3 is 12.4 Å². The van der Waals surface area contributed by atoms with Crippen LogP contribution in [0.1, 0.15) is 78.1 Å². The molecule has 3 fully saturated rings. The van der Waals surface area contributed by atoms with Crippen LogP contribution in [-0.2, 0) is 0 Å². The molecule has 0 unspecified atom stereocenters. The van der Waals surface area contributed by atoms with Crippen molar-refractivity contribution in [3.63, 3.8) is 0 Å². The van der Waals surface area contributed by atoms with Crippen molar-refractivity contribution in [1.29, 1.82) is 0 Å². The Balaban J connectivity index is 1.69. The van der Waals surface area contributed by atoms with E-state index in [1.54, 1.807) is 0 Å². The maximum absolute atomic E-state index is 13.0. The molecule has 0 bridgehead atoms. The zero-order chi connectivity index (χ0) is 27.1. The Morgan fingerprint density at radius 3 is 2.33 bits per heavy atom. The molecular formula is C27H38F6O3. The van der Waals surface area contributed by atoms with E-state index in [4.69, 9.17) is 0 Å². The van der Waals surface area contributed by atoms with Gasteiger partial charge in [0.2, 0.25) is 0 Å². The highest BCUT2D eigenvalue weighted by molar-refractivity contribution is 5.38. The Morgan fingerprint density at radius 1 is 1.08 bits per heavy atom. The summed E-state index contributed by atoms with van der Waals surface area (Å²) in [5.41, 5.74) is -2.08. The summed E-state index contributed by atoms with van der Waals surface area (Å²) < 4.78 is 78.1. The molecule has 9 heteroatoms. The molecule has 0 aromatic heterocycles. The van der Waals surface area contributed by atoms with Crippen molar-refractivity contribution in [3.05, 3.63) is 35.5 Å². The van der Waals surface area contributed by atoms with Crippen molar-refractivity contribution in [1.82, 2.24) is 0 Å². The highest BCUT2D eigenvalue weighted by Crippen LogP contribution is 2.60. The number of hydrogen-bond acceptors (Lipinski definition) is 3. The van der Waals surface area contributed by atoms with Crippen LogP contribution in [0.5, 0.6) is 0 Å². The van der Waals surface area contributed by atoms with E-state index in [1.807, 2.05) is 13.0 Å². The Hall–Kier alpha value is -1.32. The molecule has 0 aliphatic heterocycles. The molecule has 206 valence electrons. The number of halogens is 6. The van der Waals surface area contributed by atoms with Gasteiger partial charge < -0.3 is 15.3 Å². The van der Waals surface area contributed by atoms with E-state index < -0.39 is 36.6 Å². The quantitative estimate of drug-likeness (QED) is 0.336. The molecule has 3 saturated carbocycles. The van der Waals surface area contributed by atoms with Crippen LogP contribution in [0.3, 0.4) is 0 Å². The van der Waals surface area contributed by atoms with E-state index >= 15 is 0 Å². The monoisotopic (exact) mass is 524 g/mol. The number of hydrogen-bond donors (Lipinski definition) is 3. The topological polar surface area (TPSA) is 60.7 Å².